The number of aromatic nitrogens is 2. The van der Waals surface area contributed by atoms with E-state index >= 15 is 0 Å². The number of hydrogen-bond acceptors (Lipinski definition) is 7. The van der Waals surface area contributed by atoms with Crippen molar-refractivity contribution < 1.29 is 22.9 Å². The summed E-state index contributed by atoms with van der Waals surface area (Å²) in [7, 11) is -4.11. The molecule has 1 aromatic carbocycles. The quantitative estimate of drug-likeness (QED) is 0.376. The lowest BCUT2D eigenvalue weighted by atomic mass is 10.1. The van der Waals surface area contributed by atoms with Gasteiger partial charge in [-0.05, 0) is 53.5 Å². The Bertz CT molecular complexity index is 1170. The number of carbonyl (C=O) groups excluding carboxylic acids is 1. The molecule has 1 heterocycles. The molecule has 0 saturated carbocycles. The van der Waals surface area contributed by atoms with Crippen LogP contribution in [0.5, 0.6) is 11.6 Å². The molecule has 2 aromatic rings. The van der Waals surface area contributed by atoms with Crippen LogP contribution in [0, 0.1) is 17.0 Å². The highest BCUT2D eigenvalue weighted by molar-refractivity contribution is 7.89. The third-order valence-corrected chi connectivity index (χ3v) is 6.57. The van der Waals surface area contributed by atoms with Gasteiger partial charge in [0, 0.05) is 30.3 Å². The lowest BCUT2D eigenvalue weighted by Gasteiger charge is -2.23. The summed E-state index contributed by atoms with van der Waals surface area (Å²) in [5.74, 6) is -0.319. The fourth-order valence-corrected chi connectivity index (χ4v) is 4.27. The van der Waals surface area contributed by atoms with Gasteiger partial charge in [-0.15, -0.1) is 0 Å². The fourth-order valence-electron chi connectivity index (χ4n) is 2.99. The van der Waals surface area contributed by atoms with Crippen LogP contribution >= 0.6 is 0 Å². The summed E-state index contributed by atoms with van der Waals surface area (Å²) < 4.78 is 35.8. The highest BCUT2D eigenvalue weighted by Crippen LogP contribution is 2.36. The zero-order chi connectivity index (χ0) is 25.8. The summed E-state index contributed by atoms with van der Waals surface area (Å²) in [5, 5.41) is 18.6. The van der Waals surface area contributed by atoms with Crippen LogP contribution in [-0.4, -0.2) is 41.6 Å². The van der Waals surface area contributed by atoms with Crippen molar-refractivity contribution in [3.05, 3.63) is 39.6 Å². The van der Waals surface area contributed by atoms with Crippen LogP contribution in [0.15, 0.2) is 23.1 Å². The number of sulfonamides is 1. The van der Waals surface area contributed by atoms with Crippen molar-refractivity contribution in [1.82, 2.24) is 19.8 Å². The minimum Gasteiger partial charge on any atom is -0.438 e. The number of nitro benzene ring substituents is 1. The predicted octanol–water partition coefficient (Wildman–Crippen LogP) is 3.86. The predicted molar refractivity (Wildman–Crippen MR) is 128 cm³/mol. The van der Waals surface area contributed by atoms with Gasteiger partial charge in [0.05, 0.1) is 10.5 Å². The lowest BCUT2D eigenvalue weighted by molar-refractivity contribution is -0.385. The van der Waals surface area contributed by atoms with Crippen molar-refractivity contribution >= 4 is 21.6 Å². The number of nitrogens with zero attached hydrogens (tertiary/aromatic N) is 3. The van der Waals surface area contributed by atoms with Gasteiger partial charge < -0.3 is 10.1 Å². The van der Waals surface area contributed by atoms with Gasteiger partial charge in [-0.1, -0.05) is 13.8 Å². The van der Waals surface area contributed by atoms with Gasteiger partial charge >= 0.3 is 0 Å². The third-order valence-electron chi connectivity index (χ3n) is 5.09. The van der Waals surface area contributed by atoms with Crippen molar-refractivity contribution in [2.75, 3.05) is 6.54 Å². The van der Waals surface area contributed by atoms with Gasteiger partial charge in [0.15, 0.2) is 5.69 Å². The van der Waals surface area contributed by atoms with E-state index < -0.39 is 20.5 Å². The average Bonchev–Trinajstić information content (AvgIpc) is 3.08. The SMILES string of the molecule is CCCNS(=O)(=O)c1cc([N+](=O)[O-])ccc1Oc1c(C)c(C(=O)N[C@@H](C)CC)nn1C(C)(C)C. The fraction of sp³-hybridized carbons (Fsp3) is 0.545. The van der Waals surface area contributed by atoms with Gasteiger partial charge in [0.25, 0.3) is 11.6 Å². The second-order valence-corrected chi connectivity index (χ2v) is 10.8. The molecule has 188 valence electrons. The Kier molecular flexibility index (Phi) is 8.43. The molecule has 0 radical (unpaired) electrons. The van der Waals surface area contributed by atoms with E-state index in [1.165, 1.54) is 10.7 Å². The molecular weight excluding hydrogens is 462 g/mol. The highest BCUT2D eigenvalue weighted by Gasteiger charge is 2.30. The lowest BCUT2D eigenvalue weighted by Crippen LogP contribution is -2.33. The van der Waals surface area contributed by atoms with Gasteiger partial charge in [-0.25, -0.2) is 17.8 Å². The van der Waals surface area contributed by atoms with Crippen LogP contribution in [0.25, 0.3) is 0 Å². The van der Waals surface area contributed by atoms with Crippen LogP contribution in [-0.2, 0) is 15.6 Å². The Hall–Kier alpha value is -2.99. The Morgan fingerprint density at radius 2 is 1.94 bits per heavy atom. The number of carbonyl (C=O) groups is 1. The molecule has 1 aromatic heterocycles. The van der Waals surface area contributed by atoms with E-state index in [4.69, 9.17) is 4.74 Å². The molecule has 0 aliphatic heterocycles. The maximum atomic E-state index is 12.9. The van der Waals surface area contributed by atoms with Crippen molar-refractivity contribution in [3.63, 3.8) is 0 Å². The first kappa shape index (κ1) is 27.3. The second kappa shape index (κ2) is 10.5. The number of ether oxygens (including phenoxy) is 1. The van der Waals surface area contributed by atoms with Crippen molar-refractivity contribution in [2.24, 2.45) is 0 Å². The zero-order valence-electron chi connectivity index (χ0n) is 20.6. The number of amides is 1. The molecule has 1 amide bonds. The summed E-state index contributed by atoms with van der Waals surface area (Å²) in [4.78, 5) is 23.1. The van der Waals surface area contributed by atoms with Gasteiger partial charge in [0.2, 0.25) is 15.9 Å². The standard InChI is InChI=1S/C22H33N5O6S/c1-8-12-23-34(31,32)18-13-16(27(29)30)10-11-17(18)33-21-15(4)19(20(28)24-14(3)9-2)25-26(21)22(5,6)7/h10-11,13-14,23H,8-9,12H2,1-7H3,(H,24,28)/t14-/m0/s1. The van der Waals surface area contributed by atoms with E-state index in [2.05, 4.69) is 15.1 Å². The van der Waals surface area contributed by atoms with Crippen molar-refractivity contribution in [3.8, 4) is 11.6 Å². The summed E-state index contributed by atoms with van der Waals surface area (Å²) in [6.07, 6.45) is 1.28. The minimum atomic E-state index is -4.11. The second-order valence-electron chi connectivity index (χ2n) is 9.03. The molecule has 12 heteroatoms. The molecule has 2 rings (SSSR count). The number of hydrogen-bond donors (Lipinski definition) is 2. The Morgan fingerprint density at radius 3 is 2.47 bits per heavy atom. The maximum Gasteiger partial charge on any atom is 0.272 e. The van der Waals surface area contributed by atoms with Gasteiger partial charge in [-0.2, -0.15) is 5.10 Å². The molecule has 0 aliphatic rings. The molecule has 34 heavy (non-hydrogen) atoms. The molecule has 11 nitrogen and oxygen atoms in total. The molecule has 2 N–H and O–H groups in total. The van der Waals surface area contributed by atoms with Crippen LogP contribution in [0.3, 0.4) is 0 Å². The first-order chi connectivity index (χ1) is 15.7. The van der Waals surface area contributed by atoms with Gasteiger partial charge in [-0.3, -0.25) is 14.9 Å². The zero-order valence-corrected chi connectivity index (χ0v) is 21.4. The normalized spacial score (nSPS) is 12.9. The van der Waals surface area contributed by atoms with Crippen molar-refractivity contribution in [2.45, 2.75) is 77.8 Å². The summed E-state index contributed by atoms with van der Waals surface area (Å²) in [6, 6.07) is 3.29. The largest absolute Gasteiger partial charge is 0.438 e. The van der Waals surface area contributed by atoms with Crippen LogP contribution in [0.1, 0.15) is 70.4 Å². The van der Waals surface area contributed by atoms with E-state index in [9.17, 15) is 23.3 Å². The van der Waals surface area contributed by atoms with Crippen molar-refractivity contribution in [1.29, 1.82) is 0 Å². The average molecular weight is 496 g/mol. The maximum absolute atomic E-state index is 12.9. The van der Waals surface area contributed by atoms with Crippen LogP contribution in [0.2, 0.25) is 0 Å². The third kappa shape index (κ3) is 6.11. The monoisotopic (exact) mass is 495 g/mol. The smallest absolute Gasteiger partial charge is 0.272 e. The summed E-state index contributed by atoms with van der Waals surface area (Å²) >= 11 is 0. The summed E-state index contributed by atoms with van der Waals surface area (Å²) in [6.45, 7) is 13.0. The van der Waals surface area contributed by atoms with Crippen LogP contribution in [0.4, 0.5) is 5.69 Å². The topological polar surface area (TPSA) is 145 Å². The Labute approximate surface area is 200 Å². The first-order valence-corrected chi connectivity index (χ1v) is 12.6. The molecule has 0 saturated heterocycles. The molecule has 0 spiro atoms. The Balaban J connectivity index is 2.66. The minimum absolute atomic E-state index is 0.0629. The molecule has 0 bridgehead atoms. The molecule has 1 atom stereocenters. The molecule has 0 fully saturated rings. The van der Waals surface area contributed by atoms with E-state index in [1.807, 2.05) is 34.6 Å². The number of nitro groups is 1. The molecule has 0 unspecified atom stereocenters. The molecule has 0 aliphatic carbocycles. The van der Waals surface area contributed by atoms with Gasteiger partial charge in [0.1, 0.15) is 10.6 Å². The number of benzene rings is 1. The summed E-state index contributed by atoms with van der Waals surface area (Å²) in [5.41, 5.74) is -0.437. The van der Waals surface area contributed by atoms with Crippen LogP contribution < -0.4 is 14.8 Å². The first-order valence-electron chi connectivity index (χ1n) is 11.1. The number of non-ortho nitro benzene ring substituents is 1. The van der Waals surface area contributed by atoms with E-state index in [0.29, 0.717) is 12.0 Å². The van der Waals surface area contributed by atoms with E-state index in [0.717, 1.165) is 18.6 Å². The highest BCUT2D eigenvalue weighted by atomic mass is 32.2. The van der Waals surface area contributed by atoms with E-state index in [-0.39, 0.29) is 46.4 Å². The van der Waals surface area contributed by atoms with E-state index in [1.54, 1.807) is 13.8 Å². The number of rotatable bonds is 10. The Morgan fingerprint density at radius 1 is 1.29 bits per heavy atom. The molecular formula is C22H33N5O6S. The number of nitrogens with one attached hydrogen (secondary N) is 2.